The van der Waals surface area contributed by atoms with Gasteiger partial charge in [-0.25, -0.2) is 8.78 Å². The smallest absolute Gasteiger partial charge is 0.238 e. The van der Waals surface area contributed by atoms with Crippen molar-refractivity contribution >= 4 is 17.6 Å². The molecule has 1 saturated carbocycles. The normalized spacial score (nSPS) is 29.1. The van der Waals surface area contributed by atoms with Gasteiger partial charge in [0.05, 0.1) is 12.1 Å². The minimum atomic E-state index is -0.937. The highest BCUT2D eigenvalue weighted by molar-refractivity contribution is 5.93. The Morgan fingerprint density at radius 2 is 2.10 bits per heavy atom. The number of hydrogen-bond acceptors (Lipinski definition) is 5. The number of Topliss-reactive ketones (excluding diaryl/α,β-unsaturated/α-hetero) is 1. The van der Waals surface area contributed by atoms with Crippen LogP contribution in [0.2, 0.25) is 0 Å². The van der Waals surface area contributed by atoms with Gasteiger partial charge in [-0.3, -0.25) is 14.4 Å². The van der Waals surface area contributed by atoms with E-state index in [-0.39, 0.29) is 41.4 Å². The maximum Gasteiger partial charge on any atom is 0.238 e. The van der Waals surface area contributed by atoms with E-state index in [2.05, 4.69) is 29.8 Å². The number of amides is 2. The highest BCUT2D eigenvalue weighted by atomic mass is 19.1. The number of fused-ring (bicyclic) bond motifs is 1. The molecule has 0 spiro atoms. The van der Waals surface area contributed by atoms with Crippen LogP contribution in [0.25, 0.3) is 0 Å². The predicted octanol–water partition coefficient (Wildman–Crippen LogP) is 1.17. The Morgan fingerprint density at radius 3 is 2.71 bits per heavy atom. The van der Waals surface area contributed by atoms with Crippen LogP contribution >= 0.6 is 0 Å². The summed E-state index contributed by atoms with van der Waals surface area (Å²) in [4.78, 5) is 37.8. The van der Waals surface area contributed by atoms with Crippen LogP contribution in [0.3, 0.4) is 0 Å². The van der Waals surface area contributed by atoms with Gasteiger partial charge in [0, 0.05) is 18.5 Å². The maximum absolute atomic E-state index is 13.8. The summed E-state index contributed by atoms with van der Waals surface area (Å²) in [6.07, 6.45) is 0.723. The lowest BCUT2D eigenvalue weighted by Gasteiger charge is -2.24. The second-order valence-electron chi connectivity index (χ2n) is 9.24. The topological polar surface area (TPSA) is 96.5 Å². The summed E-state index contributed by atoms with van der Waals surface area (Å²) in [6, 6.07) is 1.48. The Kier molecular flexibility index (Phi) is 5.72. The van der Waals surface area contributed by atoms with E-state index in [1.807, 2.05) is 0 Å². The molecule has 5 atom stereocenters. The molecule has 0 unspecified atom stereocenters. The Labute approximate surface area is 179 Å². The molecule has 3 N–H and O–H groups in total. The first kappa shape index (κ1) is 21.7. The van der Waals surface area contributed by atoms with E-state index in [4.69, 9.17) is 4.74 Å². The number of benzene rings is 1. The first-order valence-corrected chi connectivity index (χ1v) is 10.6. The Balaban J connectivity index is 1.42. The number of carbonyl (C=O) groups is 3. The molecule has 0 radical (unpaired) electrons. The first-order valence-electron chi connectivity index (χ1n) is 10.6. The largest absolute Gasteiger partial charge is 0.483 e. The van der Waals surface area contributed by atoms with Gasteiger partial charge < -0.3 is 20.7 Å². The third-order valence-electron chi connectivity index (χ3n) is 6.99. The zero-order valence-corrected chi connectivity index (χ0v) is 17.5. The van der Waals surface area contributed by atoms with Crippen molar-refractivity contribution in [2.45, 2.75) is 38.8 Å². The molecule has 3 fully saturated rings. The van der Waals surface area contributed by atoms with Crippen LogP contribution in [-0.4, -0.2) is 49.4 Å². The average molecular weight is 435 g/mol. The molecular formula is C22H27F2N3O4. The van der Waals surface area contributed by atoms with Crippen molar-refractivity contribution < 1.29 is 27.9 Å². The van der Waals surface area contributed by atoms with E-state index in [1.165, 1.54) is 0 Å². The van der Waals surface area contributed by atoms with E-state index < -0.39 is 36.0 Å². The van der Waals surface area contributed by atoms with Gasteiger partial charge in [0.1, 0.15) is 12.4 Å². The zero-order chi connectivity index (χ0) is 22.3. The molecule has 3 aliphatic rings. The van der Waals surface area contributed by atoms with Gasteiger partial charge in [0.25, 0.3) is 0 Å². The quantitative estimate of drug-likeness (QED) is 0.570. The minimum Gasteiger partial charge on any atom is -0.483 e. The monoisotopic (exact) mass is 435 g/mol. The molecule has 0 bridgehead atoms. The molecule has 0 aromatic heterocycles. The molecule has 2 amide bonds. The van der Waals surface area contributed by atoms with Crippen LogP contribution in [0.5, 0.6) is 5.75 Å². The third kappa shape index (κ3) is 4.28. The van der Waals surface area contributed by atoms with Crippen LogP contribution in [0.1, 0.15) is 26.7 Å². The highest BCUT2D eigenvalue weighted by Crippen LogP contribution is 2.62. The number of nitrogens with one attached hydrogen (secondary N) is 3. The second-order valence-corrected chi connectivity index (χ2v) is 9.24. The van der Waals surface area contributed by atoms with Gasteiger partial charge in [-0.15, -0.1) is 0 Å². The molecule has 4 rings (SSSR count). The third-order valence-corrected chi connectivity index (χ3v) is 6.99. The van der Waals surface area contributed by atoms with Crippen LogP contribution in [-0.2, 0) is 14.4 Å². The highest BCUT2D eigenvalue weighted by Gasteiger charge is 2.65. The molecule has 31 heavy (non-hydrogen) atoms. The van der Waals surface area contributed by atoms with E-state index >= 15 is 0 Å². The molecule has 2 saturated heterocycles. The Hall–Kier alpha value is -2.55. The molecule has 7 nitrogen and oxygen atoms in total. The summed E-state index contributed by atoms with van der Waals surface area (Å²) in [6.45, 7) is 5.03. The molecule has 9 heteroatoms. The summed E-state index contributed by atoms with van der Waals surface area (Å²) in [5, 5.41) is 8.73. The van der Waals surface area contributed by atoms with Crippen LogP contribution in [0, 0.1) is 34.8 Å². The van der Waals surface area contributed by atoms with E-state index in [1.54, 1.807) is 0 Å². The van der Waals surface area contributed by atoms with Crippen molar-refractivity contribution in [2.75, 3.05) is 19.7 Å². The predicted molar refractivity (Wildman–Crippen MR) is 107 cm³/mol. The lowest BCUT2D eigenvalue weighted by atomic mass is 9.95. The summed E-state index contributed by atoms with van der Waals surface area (Å²) in [7, 11) is 0. The zero-order valence-electron chi connectivity index (χ0n) is 17.5. The Morgan fingerprint density at radius 1 is 1.32 bits per heavy atom. The number of hydrogen-bond donors (Lipinski definition) is 3. The van der Waals surface area contributed by atoms with Gasteiger partial charge in [-0.05, 0) is 48.8 Å². The van der Waals surface area contributed by atoms with Crippen molar-refractivity contribution in [3.63, 3.8) is 0 Å². The SMILES string of the molecule is CC1(C)[C@@H]2[C@@H](C(=O)N[C@@H](C[C@@H]3CCNC3=O)C(=O)COc3ccc(F)cc3F)NC[C@@H]21. The fraction of sp³-hybridized carbons (Fsp3) is 0.591. The number of ketones is 1. The second kappa shape index (κ2) is 8.18. The molecule has 2 heterocycles. The van der Waals surface area contributed by atoms with Crippen LogP contribution in [0.4, 0.5) is 8.78 Å². The number of halogens is 2. The van der Waals surface area contributed by atoms with E-state index in [0.717, 1.165) is 18.7 Å². The van der Waals surface area contributed by atoms with Gasteiger partial charge in [0.2, 0.25) is 11.8 Å². The molecule has 1 aliphatic carbocycles. The molecule has 1 aromatic carbocycles. The Bertz CT molecular complexity index is 907. The summed E-state index contributed by atoms with van der Waals surface area (Å²) in [5.74, 6) is -2.56. The molecule has 1 aromatic rings. The van der Waals surface area contributed by atoms with Crippen molar-refractivity contribution in [1.29, 1.82) is 0 Å². The lowest BCUT2D eigenvalue weighted by molar-refractivity contribution is -0.131. The molecule has 2 aliphatic heterocycles. The van der Waals surface area contributed by atoms with Gasteiger partial charge in [-0.2, -0.15) is 0 Å². The molecular weight excluding hydrogens is 408 g/mol. The van der Waals surface area contributed by atoms with Gasteiger partial charge >= 0.3 is 0 Å². The minimum absolute atomic E-state index is 0.0846. The number of piperidine rings is 1. The van der Waals surface area contributed by atoms with Crippen molar-refractivity contribution in [1.82, 2.24) is 16.0 Å². The van der Waals surface area contributed by atoms with Crippen LogP contribution < -0.4 is 20.7 Å². The van der Waals surface area contributed by atoms with Crippen molar-refractivity contribution in [3.8, 4) is 5.75 Å². The number of rotatable bonds is 8. The van der Waals surface area contributed by atoms with Crippen LogP contribution in [0.15, 0.2) is 18.2 Å². The fourth-order valence-corrected chi connectivity index (χ4v) is 5.00. The van der Waals surface area contributed by atoms with Gasteiger partial charge in [-0.1, -0.05) is 13.8 Å². The summed E-state index contributed by atoms with van der Waals surface area (Å²) >= 11 is 0. The number of carbonyl (C=O) groups excluding carboxylic acids is 3. The van der Waals surface area contributed by atoms with Crippen molar-refractivity contribution in [2.24, 2.45) is 23.2 Å². The standard InChI is InChI=1S/C22H27F2N3O4/c1-22(2)13-9-26-19(18(13)22)21(30)27-15(7-11-5-6-25-20(11)29)16(28)10-31-17-4-3-12(23)8-14(17)24/h3-4,8,11,13,15,18-19,26H,5-7,9-10H2,1-2H3,(H,25,29)(H,27,30)/t11-,13-,15-,18-,19-/m0/s1. The summed E-state index contributed by atoms with van der Waals surface area (Å²) in [5.41, 5.74) is 0.0846. The first-order chi connectivity index (χ1) is 14.7. The lowest BCUT2D eigenvalue weighted by Crippen LogP contribution is -2.52. The van der Waals surface area contributed by atoms with Gasteiger partial charge in [0.15, 0.2) is 17.3 Å². The number of ether oxygens (including phenoxy) is 1. The summed E-state index contributed by atoms with van der Waals surface area (Å²) < 4.78 is 32.1. The molecule has 168 valence electrons. The maximum atomic E-state index is 13.8. The average Bonchev–Trinajstić information content (AvgIpc) is 3.10. The van der Waals surface area contributed by atoms with E-state index in [9.17, 15) is 23.2 Å². The van der Waals surface area contributed by atoms with E-state index in [0.29, 0.717) is 24.9 Å². The fourth-order valence-electron chi connectivity index (χ4n) is 5.00. The van der Waals surface area contributed by atoms with Crippen molar-refractivity contribution in [3.05, 3.63) is 29.8 Å².